The van der Waals surface area contributed by atoms with Crippen LogP contribution in [0.1, 0.15) is 37.8 Å². The van der Waals surface area contributed by atoms with Crippen LogP contribution in [0.3, 0.4) is 0 Å². The lowest BCUT2D eigenvalue weighted by Crippen LogP contribution is -2.45. The topological polar surface area (TPSA) is 44.7 Å². The molecule has 1 fully saturated rings. The van der Waals surface area contributed by atoms with Crippen LogP contribution in [0.15, 0.2) is 18.2 Å². The lowest BCUT2D eigenvalue weighted by molar-refractivity contribution is 0.157. The number of nitrogens with zero attached hydrogens (tertiary/aromatic N) is 1. The van der Waals surface area contributed by atoms with Gasteiger partial charge < -0.3 is 15.2 Å². The predicted octanol–water partition coefficient (Wildman–Crippen LogP) is 2.54. The predicted molar refractivity (Wildman–Crippen MR) is 81.4 cm³/mol. The summed E-state index contributed by atoms with van der Waals surface area (Å²) in [6, 6.07) is 5.79. The maximum atomic E-state index is 10.3. The molecule has 2 rings (SSSR count). The summed E-state index contributed by atoms with van der Waals surface area (Å²) < 4.78 is 5.48. The summed E-state index contributed by atoms with van der Waals surface area (Å²) in [5, 5.41) is 13.7. The van der Waals surface area contributed by atoms with E-state index in [1.165, 1.54) is 6.42 Å². The minimum atomic E-state index is 0.244. The van der Waals surface area contributed by atoms with Crippen molar-refractivity contribution in [3.05, 3.63) is 23.8 Å². The molecule has 0 amide bonds. The van der Waals surface area contributed by atoms with Crippen molar-refractivity contribution in [2.24, 2.45) is 0 Å². The van der Waals surface area contributed by atoms with E-state index in [1.807, 2.05) is 12.1 Å². The molecule has 112 valence electrons. The van der Waals surface area contributed by atoms with E-state index in [2.05, 4.69) is 17.1 Å². The SMILES string of the molecule is CCCC[C@H](c1c(O)cccc1OC)N1CCNCC1. The van der Waals surface area contributed by atoms with E-state index in [4.69, 9.17) is 4.74 Å². The highest BCUT2D eigenvalue weighted by Crippen LogP contribution is 2.39. The van der Waals surface area contributed by atoms with Crippen LogP contribution in [-0.2, 0) is 0 Å². The molecule has 1 heterocycles. The average molecular weight is 278 g/mol. The van der Waals surface area contributed by atoms with E-state index >= 15 is 0 Å². The van der Waals surface area contributed by atoms with Crippen molar-refractivity contribution in [2.75, 3.05) is 33.3 Å². The summed E-state index contributed by atoms with van der Waals surface area (Å²) in [6.07, 6.45) is 3.38. The van der Waals surface area contributed by atoms with Gasteiger partial charge in [0.15, 0.2) is 0 Å². The highest BCUT2D eigenvalue weighted by Gasteiger charge is 2.26. The Morgan fingerprint density at radius 2 is 2.10 bits per heavy atom. The molecule has 20 heavy (non-hydrogen) atoms. The number of ether oxygens (including phenoxy) is 1. The molecule has 1 aromatic carbocycles. The maximum Gasteiger partial charge on any atom is 0.127 e. The summed E-state index contributed by atoms with van der Waals surface area (Å²) in [4.78, 5) is 2.46. The number of unbranched alkanes of at least 4 members (excludes halogenated alkanes) is 1. The van der Waals surface area contributed by atoms with Gasteiger partial charge in [-0.25, -0.2) is 0 Å². The van der Waals surface area contributed by atoms with Crippen molar-refractivity contribution in [3.8, 4) is 11.5 Å². The van der Waals surface area contributed by atoms with Gasteiger partial charge in [0.2, 0.25) is 0 Å². The molecule has 2 N–H and O–H groups in total. The van der Waals surface area contributed by atoms with Crippen molar-refractivity contribution in [3.63, 3.8) is 0 Å². The first-order valence-corrected chi connectivity index (χ1v) is 7.58. The molecule has 0 aromatic heterocycles. The largest absolute Gasteiger partial charge is 0.507 e. The summed E-state index contributed by atoms with van der Waals surface area (Å²) in [5.74, 6) is 1.15. The summed E-state index contributed by atoms with van der Waals surface area (Å²) >= 11 is 0. The van der Waals surface area contributed by atoms with Crippen LogP contribution in [0.25, 0.3) is 0 Å². The quantitative estimate of drug-likeness (QED) is 0.839. The first-order valence-electron chi connectivity index (χ1n) is 7.58. The number of methoxy groups -OCH3 is 1. The molecule has 4 nitrogen and oxygen atoms in total. The number of aromatic hydroxyl groups is 1. The standard InChI is InChI=1S/C16H26N2O2/c1-3-4-6-13(18-11-9-17-10-12-18)16-14(19)7-5-8-15(16)20-2/h5,7-8,13,17,19H,3-4,6,9-12H2,1-2H3/t13-/m1/s1. The highest BCUT2D eigenvalue weighted by molar-refractivity contribution is 5.46. The van der Waals surface area contributed by atoms with Gasteiger partial charge in [0, 0.05) is 32.2 Å². The van der Waals surface area contributed by atoms with Crippen LogP contribution in [0.5, 0.6) is 11.5 Å². The van der Waals surface area contributed by atoms with Gasteiger partial charge in [-0.2, -0.15) is 0 Å². The number of benzene rings is 1. The van der Waals surface area contributed by atoms with Gasteiger partial charge in [-0.3, -0.25) is 4.90 Å². The molecule has 0 spiro atoms. The Hall–Kier alpha value is -1.26. The van der Waals surface area contributed by atoms with E-state index < -0.39 is 0 Å². The number of phenolic OH excluding ortho intramolecular Hbond substituents is 1. The third kappa shape index (κ3) is 3.44. The second kappa shape index (κ2) is 7.50. The molecule has 4 heteroatoms. The minimum Gasteiger partial charge on any atom is -0.507 e. The zero-order valence-corrected chi connectivity index (χ0v) is 12.6. The van der Waals surface area contributed by atoms with Gasteiger partial charge in [0.05, 0.1) is 12.7 Å². The third-order valence-electron chi connectivity index (χ3n) is 4.02. The van der Waals surface area contributed by atoms with E-state index in [9.17, 15) is 5.11 Å². The van der Waals surface area contributed by atoms with Crippen LogP contribution in [0, 0.1) is 0 Å². The van der Waals surface area contributed by atoms with Gasteiger partial charge in [-0.15, -0.1) is 0 Å². The molecule has 0 bridgehead atoms. The Balaban J connectivity index is 2.29. The summed E-state index contributed by atoms with van der Waals surface area (Å²) in [6.45, 7) is 6.27. The average Bonchev–Trinajstić information content (AvgIpc) is 2.50. The van der Waals surface area contributed by atoms with Crippen LogP contribution >= 0.6 is 0 Å². The Morgan fingerprint density at radius 3 is 2.75 bits per heavy atom. The molecule has 0 radical (unpaired) electrons. The number of piperazine rings is 1. The molecule has 1 aliphatic heterocycles. The van der Waals surface area contributed by atoms with Crippen LogP contribution in [0.2, 0.25) is 0 Å². The van der Waals surface area contributed by atoms with Crippen molar-refractivity contribution in [1.29, 1.82) is 0 Å². The lowest BCUT2D eigenvalue weighted by Gasteiger charge is -2.36. The Bertz CT molecular complexity index is 417. The maximum absolute atomic E-state index is 10.3. The van der Waals surface area contributed by atoms with E-state index in [-0.39, 0.29) is 6.04 Å². The molecule has 0 unspecified atom stereocenters. The van der Waals surface area contributed by atoms with Gasteiger partial charge in [-0.05, 0) is 18.6 Å². The van der Waals surface area contributed by atoms with Gasteiger partial charge in [0.1, 0.15) is 11.5 Å². The molecule has 1 saturated heterocycles. The molecule has 1 aliphatic rings. The number of hydrogen-bond donors (Lipinski definition) is 2. The number of rotatable bonds is 6. The second-order valence-electron chi connectivity index (χ2n) is 5.34. The van der Waals surface area contributed by atoms with E-state index in [0.29, 0.717) is 5.75 Å². The fourth-order valence-corrected chi connectivity index (χ4v) is 2.95. The minimum absolute atomic E-state index is 0.244. The number of nitrogens with one attached hydrogen (secondary N) is 1. The zero-order valence-electron chi connectivity index (χ0n) is 12.6. The molecular weight excluding hydrogens is 252 g/mol. The Labute approximate surface area is 121 Å². The van der Waals surface area contributed by atoms with Gasteiger partial charge in [0.25, 0.3) is 0 Å². The first-order chi connectivity index (χ1) is 9.77. The first kappa shape index (κ1) is 15.1. The van der Waals surface area contributed by atoms with Gasteiger partial charge in [-0.1, -0.05) is 25.8 Å². The van der Waals surface area contributed by atoms with E-state index in [1.54, 1.807) is 13.2 Å². The fraction of sp³-hybridized carbons (Fsp3) is 0.625. The molecule has 0 aliphatic carbocycles. The van der Waals surface area contributed by atoms with Crippen molar-refractivity contribution < 1.29 is 9.84 Å². The zero-order chi connectivity index (χ0) is 14.4. The molecule has 1 atom stereocenters. The van der Waals surface area contributed by atoms with Crippen LogP contribution in [-0.4, -0.2) is 43.3 Å². The van der Waals surface area contributed by atoms with Gasteiger partial charge >= 0.3 is 0 Å². The van der Waals surface area contributed by atoms with Crippen molar-refractivity contribution in [1.82, 2.24) is 10.2 Å². The monoisotopic (exact) mass is 278 g/mol. The number of hydrogen-bond acceptors (Lipinski definition) is 4. The van der Waals surface area contributed by atoms with Crippen molar-refractivity contribution in [2.45, 2.75) is 32.2 Å². The lowest BCUT2D eigenvalue weighted by atomic mass is 9.97. The number of phenols is 1. The fourth-order valence-electron chi connectivity index (χ4n) is 2.95. The van der Waals surface area contributed by atoms with Crippen LogP contribution in [0.4, 0.5) is 0 Å². The van der Waals surface area contributed by atoms with Crippen LogP contribution < -0.4 is 10.1 Å². The highest BCUT2D eigenvalue weighted by atomic mass is 16.5. The summed E-state index contributed by atoms with van der Waals surface area (Å²) in [5.41, 5.74) is 0.949. The van der Waals surface area contributed by atoms with Crippen molar-refractivity contribution >= 4 is 0 Å². The molecule has 0 saturated carbocycles. The molecular formula is C16H26N2O2. The van der Waals surface area contributed by atoms with E-state index in [0.717, 1.165) is 50.3 Å². The smallest absolute Gasteiger partial charge is 0.127 e. The summed E-state index contributed by atoms with van der Waals surface area (Å²) in [7, 11) is 1.67. The Kier molecular flexibility index (Phi) is 5.68. The Morgan fingerprint density at radius 1 is 1.35 bits per heavy atom. The molecule has 1 aromatic rings. The second-order valence-corrected chi connectivity index (χ2v) is 5.34. The third-order valence-corrected chi connectivity index (χ3v) is 4.02. The normalized spacial score (nSPS) is 17.9.